The lowest BCUT2D eigenvalue weighted by atomic mass is 10.3. The largest absolute Gasteiger partial charge is 0.747 e. The van der Waals surface area contributed by atoms with Crippen molar-refractivity contribution in [3.05, 3.63) is 29.3 Å². The molecule has 1 rings (SSSR count). The molecule has 0 spiro atoms. The highest BCUT2D eigenvalue weighted by Crippen LogP contribution is 2.24. The standard InChI is InChI=1S/C6H4ClO3P/c7-5-2-1-3-6(4-5)10-11(8)9/h1-4H/p+1. The average molecular weight is 192 g/mol. The quantitative estimate of drug-likeness (QED) is 0.730. The summed E-state index contributed by atoms with van der Waals surface area (Å²) >= 11 is 5.57. The van der Waals surface area contributed by atoms with Crippen LogP contribution in [0.4, 0.5) is 0 Å². The summed E-state index contributed by atoms with van der Waals surface area (Å²) in [6.45, 7) is 0. The van der Waals surface area contributed by atoms with E-state index in [0.717, 1.165) is 0 Å². The molecule has 1 N–H and O–H groups in total. The number of halogens is 1. The van der Waals surface area contributed by atoms with Crippen molar-refractivity contribution in [2.45, 2.75) is 0 Å². The normalized spacial score (nSPS) is 10.9. The molecule has 5 heteroatoms. The second-order valence-electron chi connectivity index (χ2n) is 1.79. The van der Waals surface area contributed by atoms with Crippen molar-refractivity contribution in [2.75, 3.05) is 0 Å². The average Bonchev–Trinajstić information content (AvgIpc) is 1.85. The zero-order valence-electron chi connectivity index (χ0n) is 5.40. The van der Waals surface area contributed by atoms with Crippen LogP contribution in [0.1, 0.15) is 0 Å². The van der Waals surface area contributed by atoms with Crippen LogP contribution in [-0.2, 0) is 4.57 Å². The SMILES string of the molecule is O=[P+](O)Oc1cccc(Cl)c1. The summed E-state index contributed by atoms with van der Waals surface area (Å²) in [5.74, 6) is 0.293. The molecular formula is C6H5ClO3P+. The van der Waals surface area contributed by atoms with Crippen LogP contribution >= 0.6 is 19.9 Å². The van der Waals surface area contributed by atoms with Gasteiger partial charge in [0.05, 0.1) is 0 Å². The Balaban J connectivity index is 2.79. The molecule has 1 aromatic carbocycles. The summed E-state index contributed by atoms with van der Waals surface area (Å²) in [6.07, 6.45) is 0. The Bertz CT molecular complexity index is 276. The highest BCUT2D eigenvalue weighted by Gasteiger charge is 2.13. The Morgan fingerprint density at radius 2 is 2.27 bits per heavy atom. The molecule has 58 valence electrons. The Hall–Kier alpha value is -0.630. The summed E-state index contributed by atoms with van der Waals surface area (Å²) in [6, 6.07) is 6.30. The summed E-state index contributed by atoms with van der Waals surface area (Å²) in [5.41, 5.74) is 0. The molecule has 0 bridgehead atoms. The molecule has 3 nitrogen and oxygen atoms in total. The topological polar surface area (TPSA) is 46.5 Å². The van der Waals surface area contributed by atoms with Gasteiger partial charge in [0.1, 0.15) is 0 Å². The van der Waals surface area contributed by atoms with E-state index in [-0.39, 0.29) is 0 Å². The lowest BCUT2D eigenvalue weighted by molar-refractivity contribution is 0.410. The first-order valence-corrected chi connectivity index (χ1v) is 4.29. The van der Waals surface area contributed by atoms with Crippen LogP contribution in [0.2, 0.25) is 5.02 Å². The molecule has 1 aromatic rings. The van der Waals surface area contributed by atoms with Crippen LogP contribution in [0.25, 0.3) is 0 Å². The molecule has 0 saturated heterocycles. The molecule has 11 heavy (non-hydrogen) atoms. The fourth-order valence-corrected chi connectivity index (χ4v) is 1.09. The van der Waals surface area contributed by atoms with Crippen molar-refractivity contribution in [1.82, 2.24) is 0 Å². The van der Waals surface area contributed by atoms with E-state index in [2.05, 4.69) is 4.52 Å². The van der Waals surface area contributed by atoms with E-state index in [1.54, 1.807) is 18.2 Å². The van der Waals surface area contributed by atoms with E-state index >= 15 is 0 Å². The summed E-state index contributed by atoms with van der Waals surface area (Å²) in [5, 5.41) is 0.472. The van der Waals surface area contributed by atoms with Crippen molar-refractivity contribution < 1.29 is 14.0 Å². The number of rotatable bonds is 2. The first kappa shape index (κ1) is 8.47. The first-order chi connectivity index (χ1) is 5.18. The maximum atomic E-state index is 10.2. The van der Waals surface area contributed by atoms with E-state index in [4.69, 9.17) is 16.5 Å². The van der Waals surface area contributed by atoms with Gasteiger partial charge in [-0.15, -0.1) is 4.89 Å². The molecule has 0 fully saturated rings. The third-order valence-corrected chi connectivity index (χ3v) is 1.58. The minimum atomic E-state index is -2.60. The predicted octanol–water partition coefficient (Wildman–Crippen LogP) is 2.37. The Morgan fingerprint density at radius 1 is 1.55 bits per heavy atom. The molecule has 0 aliphatic carbocycles. The minimum absolute atomic E-state index is 0.293. The van der Waals surface area contributed by atoms with Gasteiger partial charge in [0.25, 0.3) is 0 Å². The molecule has 1 atom stereocenters. The number of benzene rings is 1. The van der Waals surface area contributed by atoms with Crippen LogP contribution in [-0.4, -0.2) is 4.89 Å². The molecule has 0 saturated carbocycles. The van der Waals surface area contributed by atoms with E-state index in [1.807, 2.05) is 0 Å². The van der Waals surface area contributed by atoms with Crippen LogP contribution in [0, 0.1) is 0 Å². The van der Waals surface area contributed by atoms with Crippen LogP contribution < -0.4 is 4.52 Å². The third-order valence-electron chi connectivity index (χ3n) is 0.980. The van der Waals surface area contributed by atoms with Gasteiger partial charge >= 0.3 is 8.25 Å². The van der Waals surface area contributed by atoms with Crippen LogP contribution in [0.3, 0.4) is 0 Å². The third kappa shape index (κ3) is 2.85. The fraction of sp³-hybridized carbons (Fsp3) is 0. The van der Waals surface area contributed by atoms with Gasteiger partial charge in [-0.05, 0) is 12.1 Å². The van der Waals surface area contributed by atoms with Gasteiger partial charge in [-0.2, -0.15) is 0 Å². The van der Waals surface area contributed by atoms with Crippen molar-refractivity contribution >= 4 is 19.9 Å². The Labute approximate surface area is 69.5 Å². The monoisotopic (exact) mass is 191 g/mol. The van der Waals surface area contributed by atoms with Crippen molar-refractivity contribution in [3.63, 3.8) is 0 Å². The molecule has 0 aliphatic rings. The highest BCUT2D eigenvalue weighted by atomic mass is 35.5. The Kier molecular flexibility index (Phi) is 2.83. The lowest BCUT2D eigenvalue weighted by Gasteiger charge is -1.90. The second-order valence-corrected chi connectivity index (χ2v) is 2.88. The summed E-state index contributed by atoms with van der Waals surface area (Å²) < 4.78 is 14.6. The van der Waals surface area contributed by atoms with E-state index < -0.39 is 8.25 Å². The van der Waals surface area contributed by atoms with Gasteiger partial charge < -0.3 is 0 Å². The summed E-state index contributed by atoms with van der Waals surface area (Å²) in [7, 11) is -2.60. The number of hydrogen-bond acceptors (Lipinski definition) is 2. The number of hydrogen-bond donors (Lipinski definition) is 1. The molecule has 0 aliphatic heterocycles. The molecule has 0 aromatic heterocycles. The maximum absolute atomic E-state index is 10.2. The van der Waals surface area contributed by atoms with Crippen LogP contribution in [0.15, 0.2) is 24.3 Å². The summed E-state index contributed by atoms with van der Waals surface area (Å²) in [4.78, 5) is 8.34. The molecular weight excluding hydrogens is 186 g/mol. The van der Waals surface area contributed by atoms with Crippen molar-refractivity contribution in [3.8, 4) is 5.75 Å². The van der Waals surface area contributed by atoms with Crippen LogP contribution in [0.5, 0.6) is 5.75 Å². The zero-order chi connectivity index (χ0) is 8.27. The van der Waals surface area contributed by atoms with Gasteiger partial charge in [0, 0.05) is 15.7 Å². The lowest BCUT2D eigenvalue weighted by Crippen LogP contribution is -1.78. The van der Waals surface area contributed by atoms with Gasteiger partial charge in [-0.1, -0.05) is 17.7 Å². The molecule has 1 unspecified atom stereocenters. The smallest absolute Gasteiger partial charge is 0.229 e. The molecule has 0 amide bonds. The van der Waals surface area contributed by atoms with Gasteiger partial charge in [-0.25, -0.2) is 4.52 Å². The second kappa shape index (κ2) is 3.67. The van der Waals surface area contributed by atoms with Gasteiger partial charge in [-0.3, -0.25) is 0 Å². The van der Waals surface area contributed by atoms with Gasteiger partial charge in [0.2, 0.25) is 0 Å². The Morgan fingerprint density at radius 3 is 2.82 bits per heavy atom. The highest BCUT2D eigenvalue weighted by molar-refractivity contribution is 7.32. The van der Waals surface area contributed by atoms with Crippen molar-refractivity contribution in [2.24, 2.45) is 0 Å². The fourth-order valence-electron chi connectivity index (χ4n) is 0.614. The van der Waals surface area contributed by atoms with E-state index in [0.29, 0.717) is 10.8 Å². The van der Waals surface area contributed by atoms with E-state index in [9.17, 15) is 4.57 Å². The zero-order valence-corrected chi connectivity index (χ0v) is 7.05. The first-order valence-electron chi connectivity index (χ1n) is 2.78. The van der Waals surface area contributed by atoms with E-state index in [1.165, 1.54) is 6.07 Å². The molecule has 0 radical (unpaired) electrons. The maximum Gasteiger partial charge on any atom is 0.747 e. The molecule has 0 heterocycles. The predicted molar refractivity (Wildman–Crippen MR) is 41.9 cm³/mol. The minimum Gasteiger partial charge on any atom is -0.229 e. The van der Waals surface area contributed by atoms with Gasteiger partial charge in [0.15, 0.2) is 5.75 Å². The van der Waals surface area contributed by atoms with Crippen molar-refractivity contribution in [1.29, 1.82) is 0 Å².